The molecule has 2 heterocycles. The number of aryl methyl sites for hydroxylation is 1. The lowest BCUT2D eigenvalue weighted by molar-refractivity contribution is -0.152. The number of furan rings is 1. The van der Waals surface area contributed by atoms with Crippen LogP contribution in [0.25, 0.3) is 0 Å². The molecule has 21 heavy (non-hydrogen) atoms. The van der Waals surface area contributed by atoms with Crippen molar-refractivity contribution in [2.45, 2.75) is 58.7 Å². The summed E-state index contributed by atoms with van der Waals surface area (Å²) in [6, 6.07) is 2.96. The Bertz CT molecular complexity index is 496. The van der Waals surface area contributed by atoms with Crippen LogP contribution in [0.5, 0.6) is 0 Å². The van der Waals surface area contributed by atoms with Crippen LogP contribution in [0, 0.1) is 5.92 Å². The molecule has 0 saturated carbocycles. The van der Waals surface area contributed by atoms with E-state index in [-0.39, 0.29) is 23.8 Å². The monoisotopic (exact) mass is 292 g/mol. The van der Waals surface area contributed by atoms with E-state index in [1.54, 1.807) is 18.1 Å². The fourth-order valence-corrected chi connectivity index (χ4v) is 2.81. The first-order chi connectivity index (χ1) is 9.91. The van der Waals surface area contributed by atoms with Gasteiger partial charge >= 0.3 is 0 Å². The summed E-state index contributed by atoms with van der Waals surface area (Å²) in [5.74, 6) is 0.944. The van der Waals surface area contributed by atoms with Crippen LogP contribution in [0.2, 0.25) is 0 Å². The Morgan fingerprint density at radius 2 is 2.05 bits per heavy atom. The standard InChI is InChI=1S/C16H24N2O3/c1-10(2)14-16(20)18(12(4)15(19)17-14)11(3)7-8-13-6-5-9-21-13/h5-6,9-12,14H,7-8H2,1-4H3,(H,17,19). The highest BCUT2D eigenvalue weighted by atomic mass is 16.3. The van der Waals surface area contributed by atoms with Gasteiger partial charge in [-0.05, 0) is 38.3 Å². The van der Waals surface area contributed by atoms with Gasteiger partial charge in [0, 0.05) is 12.5 Å². The van der Waals surface area contributed by atoms with E-state index in [4.69, 9.17) is 4.42 Å². The first-order valence-corrected chi connectivity index (χ1v) is 7.56. The summed E-state index contributed by atoms with van der Waals surface area (Å²) >= 11 is 0. The van der Waals surface area contributed by atoms with Gasteiger partial charge in [0.1, 0.15) is 17.8 Å². The Balaban J connectivity index is 2.07. The summed E-state index contributed by atoms with van der Waals surface area (Å²) in [6.45, 7) is 7.68. The van der Waals surface area contributed by atoms with Crippen molar-refractivity contribution in [1.29, 1.82) is 0 Å². The highest BCUT2D eigenvalue weighted by Gasteiger charge is 2.41. The molecule has 2 amide bonds. The average Bonchev–Trinajstić information content (AvgIpc) is 2.93. The van der Waals surface area contributed by atoms with Gasteiger partial charge in [-0.2, -0.15) is 0 Å². The lowest BCUT2D eigenvalue weighted by Crippen LogP contribution is -2.65. The maximum atomic E-state index is 12.6. The number of amides is 2. The minimum Gasteiger partial charge on any atom is -0.469 e. The highest BCUT2D eigenvalue weighted by Crippen LogP contribution is 2.20. The molecule has 0 aliphatic carbocycles. The summed E-state index contributed by atoms with van der Waals surface area (Å²) < 4.78 is 5.32. The zero-order valence-electron chi connectivity index (χ0n) is 13.1. The Labute approximate surface area is 125 Å². The van der Waals surface area contributed by atoms with Gasteiger partial charge in [0.05, 0.1) is 6.26 Å². The maximum absolute atomic E-state index is 12.6. The minimum atomic E-state index is -0.417. The SMILES string of the molecule is CC(C)C1NC(=O)C(C)N(C(C)CCc2ccco2)C1=O. The summed E-state index contributed by atoms with van der Waals surface area (Å²) in [4.78, 5) is 26.4. The number of piperazine rings is 1. The molecule has 1 aliphatic rings. The number of nitrogens with zero attached hydrogens (tertiary/aromatic N) is 1. The molecular formula is C16H24N2O3. The third-order valence-electron chi connectivity index (χ3n) is 4.15. The molecule has 1 aromatic rings. The van der Waals surface area contributed by atoms with Gasteiger partial charge in [-0.25, -0.2) is 0 Å². The van der Waals surface area contributed by atoms with Gasteiger partial charge < -0.3 is 14.6 Å². The molecule has 1 N–H and O–H groups in total. The van der Waals surface area contributed by atoms with E-state index in [1.165, 1.54) is 0 Å². The van der Waals surface area contributed by atoms with Gasteiger partial charge in [-0.3, -0.25) is 9.59 Å². The van der Waals surface area contributed by atoms with E-state index >= 15 is 0 Å². The van der Waals surface area contributed by atoms with E-state index in [0.29, 0.717) is 0 Å². The average molecular weight is 292 g/mol. The smallest absolute Gasteiger partial charge is 0.246 e. The van der Waals surface area contributed by atoms with Crippen molar-refractivity contribution < 1.29 is 14.0 Å². The van der Waals surface area contributed by atoms with Crippen LogP contribution in [0.15, 0.2) is 22.8 Å². The predicted octanol–water partition coefficient (Wildman–Crippen LogP) is 1.97. The number of carbonyl (C=O) groups excluding carboxylic acids is 2. The van der Waals surface area contributed by atoms with Crippen LogP contribution in [0.1, 0.15) is 39.9 Å². The van der Waals surface area contributed by atoms with Gasteiger partial charge in [0.2, 0.25) is 11.8 Å². The van der Waals surface area contributed by atoms with Crippen LogP contribution in [-0.2, 0) is 16.0 Å². The second-order valence-electron chi connectivity index (χ2n) is 6.12. The zero-order valence-corrected chi connectivity index (χ0v) is 13.1. The molecule has 0 aromatic carbocycles. The third kappa shape index (κ3) is 3.28. The molecule has 0 spiro atoms. The molecule has 0 radical (unpaired) electrons. The molecule has 1 fully saturated rings. The van der Waals surface area contributed by atoms with Gasteiger partial charge in [-0.15, -0.1) is 0 Å². The molecule has 1 aromatic heterocycles. The Morgan fingerprint density at radius 1 is 1.33 bits per heavy atom. The lowest BCUT2D eigenvalue weighted by Gasteiger charge is -2.42. The highest BCUT2D eigenvalue weighted by molar-refractivity contribution is 5.97. The second kappa shape index (κ2) is 6.33. The minimum absolute atomic E-state index is 0.00454. The van der Waals surface area contributed by atoms with E-state index in [1.807, 2.05) is 32.9 Å². The molecule has 0 bridgehead atoms. The lowest BCUT2D eigenvalue weighted by atomic mass is 9.96. The topological polar surface area (TPSA) is 62.6 Å². The Hall–Kier alpha value is -1.78. The number of carbonyl (C=O) groups is 2. The molecule has 3 unspecified atom stereocenters. The fraction of sp³-hybridized carbons (Fsp3) is 0.625. The first-order valence-electron chi connectivity index (χ1n) is 7.56. The summed E-state index contributed by atoms with van der Waals surface area (Å²) in [7, 11) is 0. The summed E-state index contributed by atoms with van der Waals surface area (Å²) in [5, 5.41) is 2.82. The molecular weight excluding hydrogens is 268 g/mol. The van der Waals surface area contributed by atoms with Crippen LogP contribution in [-0.4, -0.2) is 34.8 Å². The van der Waals surface area contributed by atoms with E-state index in [2.05, 4.69) is 5.32 Å². The zero-order chi connectivity index (χ0) is 15.6. The normalized spacial score (nSPS) is 24.3. The molecule has 2 rings (SSSR count). The number of hydrogen-bond acceptors (Lipinski definition) is 3. The molecule has 116 valence electrons. The summed E-state index contributed by atoms with van der Waals surface area (Å²) in [5.41, 5.74) is 0. The number of hydrogen-bond donors (Lipinski definition) is 1. The van der Waals surface area contributed by atoms with E-state index in [0.717, 1.165) is 18.6 Å². The van der Waals surface area contributed by atoms with Crippen molar-refractivity contribution in [3.05, 3.63) is 24.2 Å². The first kappa shape index (κ1) is 15.6. The van der Waals surface area contributed by atoms with Crippen molar-refractivity contribution in [1.82, 2.24) is 10.2 Å². The van der Waals surface area contributed by atoms with E-state index < -0.39 is 12.1 Å². The van der Waals surface area contributed by atoms with Crippen molar-refractivity contribution in [3.63, 3.8) is 0 Å². The number of nitrogens with one attached hydrogen (secondary N) is 1. The quantitative estimate of drug-likeness (QED) is 0.902. The summed E-state index contributed by atoms with van der Waals surface area (Å²) in [6.07, 6.45) is 3.19. The molecule has 5 heteroatoms. The van der Waals surface area contributed by atoms with Crippen LogP contribution in [0.3, 0.4) is 0 Å². The molecule has 1 saturated heterocycles. The predicted molar refractivity (Wildman–Crippen MR) is 79.6 cm³/mol. The van der Waals surface area contributed by atoms with Gasteiger partial charge in [0.15, 0.2) is 0 Å². The second-order valence-corrected chi connectivity index (χ2v) is 6.12. The van der Waals surface area contributed by atoms with E-state index in [9.17, 15) is 9.59 Å². The van der Waals surface area contributed by atoms with Crippen LogP contribution in [0.4, 0.5) is 0 Å². The van der Waals surface area contributed by atoms with Gasteiger partial charge in [0.25, 0.3) is 0 Å². The Morgan fingerprint density at radius 3 is 2.62 bits per heavy atom. The molecule has 5 nitrogen and oxygen atoms in total. The molecule has 1 aliphatic heterocycles. The largest absolute Gasteiger partial charge is 0.469 e. The van der Waals surface area contributed by atoms with Crippen molar-refractivity contribution in [3.8, 4) is 0 Å². The third-order valence-corrected chi connectivity index (χ3v) is 4.15. The van der Waals surface area contributed by atoms with Crippen molar-refractivity contribution in [2.75, 3.05) is 0 Å². The van der Waals surface area contributed by atoms with Crippen molar-refractivity contribution >= 4 is 11.8 Å². The molecule has 3 atom stereocenters. The van der Waals surface area contributed by atoms with Crippen LogP contribution < -0.4 is 5.32 Å². The van der Waals surface area contributed by atoms with Gasteiger partial charge in [-0.1, -0.05) is 13.8 Å². The maximum Gasteiger partial charge on any atom is 0.246 e. The number of rotatable bonds is 5. The van der Waals surface area contributed by atoms with Crippen LogP contribution >= 0.6 is 0 Å². The van der Waals surface area contributed by atoms with Crippen molar-refractivity contribution in [2.24, 2.45) is 5.92 Å². The Kier molecular flexibility index (Phi) is 4.70. The fourth-order valence-electron chi connectivity index (χ4n) is 2.81.